The summed E-state index contributed by atoms with van der Waals surface area (Å²) in [5.41, 5.74) is 0.423. The molecule has 2 amide bonds. The van der Waals surface area contributed by atoms with Crippen LogP contribution in [0.2, 0.25) is 0 Å². The minimum Gasteiger partial charge on any atom is -0.458 e. The minimum absolute atomic E-state index is 0.0229. The summed E-state index contributed by atoms with van der Waals surface area (Å²) < 4.78 is 10.6. The first-order chi connectivity index (χ1) is 13.7. The van der Waals surface area contributed by atoms with Gasteiger partial charge in [-0.1, -0.05) is 12.1 Å². The molecule has 2 aliphatic rings. The number of carbonyl (C=O) groups is 3. The fourth-order valence-electron chi connectivity index (χ4n) is 3.54. The molecule has 0 saturated carbocycles. The number of hydrogen-bond acceptors (Lipinski definition) is 6. The molecule has 2 heterocycles. The molecule has 0 spiro atoms. The molecule has 2 aliphatic heterocycles. The third-order valence-electron chi connectivity index (χ3n) is 4.84. The van der Waals surface area contributed by atoms with Crippen molar-refractivity contribution in [3.63, 3.8) is 0 Å². The zero-order valence-electron chi connectivity index (χ0n) is 17.1. The molecule has 1 aromatic rings. The van der Waals surface area contributed by atoms with Crippen LogP contribution in [0.3, 0.4) is 0 Å². The smallest absolute Gasteiger partial charge is 0.338 e. The summed E-state index contributed by atoms with van der Waals surface area (Å²) in [4.78, 5) is 40.9. The second kappa shape index (κ2) is 8.51. The number of piperidine rings is 1. The van der Waals surface area contributed by atoms with Gasteiger partial charge in [0.25, 0.3) is 5.91 Å². The minimum atomic E-state index is -1.73. The van der Waals surface area contributed by atoms with Crippen LogP contribution in [0.1, 0.15) is 40.0 Å². The number of aliphatic hydroxyl groups excluding tert-OH is 1. The molecular weight excluding hydrogens is 376 g/mol. The highest BCUT2D eigenvalue weighted by Crippen LogP contribution is 2.33. The van der Waals surface area contributed by atoms with Crippen molar-refractivity contribution in [3.05, 3.63) is 24.3 Å². The van der Waals surface area contributed by atoms with E-state index >= 15 is 0 Å². The number of benzene rings is 1. The van der Waals surface area contributed by atoms with Crippen LogP contribution in [-0.2, 0) is 23.9 Å². The number of ether oxygens (including phenoxy) is 2. The third kappa shape index (κ3) is 4.76. The van der Waals surface area contributed by atoms with E-state index in [1.165, 1.54) is 4.90 Å². The molecule has 8 nitrogen and oxygen atoms in total. The van der Waals surface area contributed by atoms with E-state index in [1.807, 2.05) is 6.07 Å². The molecule has 2 saturated heterocycles. The van der Waals surface area contributed by atoms with Crippen LogP contribution in [-0.4, -0.2) is 60.4 Å². The molecule has 0 aromatic heterocycles. The lowest BCUT2D eigenvalue weighted by molar-refractivity contribution is -0.177. The quantitative estimate of drug-likeness (QED) is 0.767. The molecule has 0 radical (unpaired) electrons. The van der Waals surface area contributed by atoms with Gasteiger partial charge in [0.15, 0.2) is 12.2 Å². The van der Waals surface area contributed by atoms with E-state index in [2.05, 4.69) is 0 Å². The van der Waals surface area contributed by atoms with E-state index in [-0.39, 0.29) is 19.1 Å². The van der Waals surface area contributed by atoms with Crippen LogP contribution < -0.4 is 9.80 Å². The largest absolute Gasteiger partial charge is 0.458 e. The Kier molecular flexibility index (Phi) is 6.24. The van der Waals surface area contributed by atoms with Crippen LogP contribution in [0.15, 0.2) is 24.3 Å². The Morgan fingerprint density at radius 3 is 2.41 bits per heavy atom. The van der Waals surface area contributed by atoms with Crippen molar-refractivity contribution in [2.45, 2.75) is 57.8 Å². The number of nitrogens with zero attached hydrogens (tertiary/aromatic N) is 2. The molecule has 0 unspecified atom stereocenters. The van der Waals surface area contributed by atoms with Gasteiger partial charge in [0, 0.05) is 19.5 Å². The average Bonchev–Trinajstić information content (AvgIpc) is 2.67. The van der Waals surface area contributed by atoms with Gasteiger partial charge in [0.1, 0.15) is 5.60 Å². The molecule has 2 atom stereocenters. The van der Waals surface area contributed by atoms with Gasteiger partial charge in [-0.15, -0.1) is 0 Å². The summed E-state index contributed by atoms with van der Waals surface area (Å²) in [6.45, 7) is 6.05. The van der Waals surface area contributed by atoms with Crippen molar-refractivity contribution in [2.24, 2.45) is 0 Å². The first-order valence-corrected chi connectivity index (χ1v) is 9.92. The average molecular weight is 404 g/mol. The first-order valence-electron chi connectivity index (χ1n) is 9.92. The molecular formula is C21H28N2O6. The number of hydrogen-bond donors (Lipinski definition) is 1. The maximum atomic E-state index is 13.1. The SMILES string of the molecule is CC(C)(C)OC(=O)[C@H](O)[C@H]1OCCN(c2ccccc2N2CCCCC2=O)C1=O. The van der Waals surface area contributed by atoms with Crippen LogP contribution in [0.5, 0.6) is 0 Å². The van der Waals surface area contributed by atoms with Gasteiger partial charge >= 0.3 is 5.97 Å². The molecule has 2 fully saturated rings. The van der Waals surface area contributed by atoms with Crippen LogP contribution in [0, 0.1) is 0 Å². The lowest BCUT2D eigenvalue weighted by Crippen LogP contribution is -2.55. The van der Waals surface area contributed by atoms with Crippen molar-refractivity contribution in [1.29, 1.82) is 0 Å². The number of rotatable bonds is 4. The van der Waals surface area contributed by atoms with E-state index in [1.54, 1.807) is 43.9 Å². The molecule has 8 heteroatoms. The van der Waals surface area contributed by atoms with Gasteiger partial charge in [0.05, 0.1) is 18.0 Å². The monoisotopic (exact) mass is 404 g/mol. The zero-order chi connectivity index (χ0) is 21.2. The standard InChI is InChI=1S/C21H28N2O6/c1-21(2,3)29-20(27)17(25)18-19(26)23(12-13-28-18)15-9-5-4-8-14(15)22-11-7-6-10-16(22)24/h4-5,8-9,17-18,25H,6-7,10-13H2,1-3H3/t17-,18-/m1/s1. The number of amides is 2. The van der Waals surface area contributed by atoms with Gasteiger partial charge in [-0.3, -0.25) is 9.59 Å². The van der Waals surface area contributed by atoms with Crippen molar-refractivity contribution >= 4 is 29.2 Å². The summed E-state index contributed by atoms with van der Waals surface area (Å²) in [7, 11) is 0. The Morgan fingerprint density at radius 1 is 1.14 bits per heavy atom. The fourth-order valence-corrected chi connectivity index (χ4v) is 3.54. The molecule has 1 aromatic carbocycles. The van der Waals surface area contributed by atoms with E-state index in [4.69, 9.17) is 9.47 Å². The summed E-state index contributed by atoms with van der Waals surface area (Å²) in [6.07, 6.45) is -0.849. The Labute approximate surface area is 170 Å². The lowest BCUT2D eigenvalue weighted by Gasteiger charge is -2.37. The maximum absolute atomic E-state index is 13.1. The molecule has 3 rings (SSSR count). The second-order valence-electron chi connectivity index (χ2n) is 8.25. The van der Waals surface area contributed by atoms with Crippen molar-refractivity contribution < 1.29 is 29.0 Å². The Balaban J connectivity index is 1.84. The number of esters is 1. The van der Waals surface area contributed by atoms with Gasteiger partial charge in [0.2, 0.25) is 5.91 Å². The Hall–Kier alpha value is -2.45. The van der Waals surface area contributed by atoms with Crippen LogP contribution in [0.25, 0.3) is 0 Å². The van der Waals surface area contributed by atoms with Gasteiger partial charge < -0.3 is 24.4 Å². The summed E-state index contributed by atoms with van der Waals surface area (Å²) >= 11 is 0. The number of para-hydroxylation sites is 2. The van der Waals surface area contributed by atoms with Gasteiger partial charge in [-0.25, -0.2) is 4.79 Å². The lowest BCUT2D eigenvalue weighted by atomic mass is 10.1. The normalized spacial score (nSPS) is 21.9. The predicted molar refractivity (Wildman–Crippen MR) is 107 cm³/mol. The highest BCUT2D eigenvalue weighted by Gasteiger charge is 2.42. The van der Waals surface area contributed by atoms with Gasteiger partial charge in [-0.2, -0.15) is 0 Å². The predicted octanol–water partition coefficient (Wildman–Crippen LogP) is 1.64. The highest BCUT2D eigenvalue weighted by atomic mass is 16.6. The molecule has 0 bridgehead atoms. The number of aliphatic hydroxyl groups is 1. The molecule has 158 valence electrons. The summed E-state index contributed by atoms with van der Waals surface area (Å²) in [5, 5.41) is 10.4. The summed E-state index contributed by atoms with van der Waals surface area (Å²) in [6, 6.07) is 7.17. The molecule has 1 N–H and O–H groups in total. The van der Waals surface area contributed by atoms with E-state index in [0.717, 1.165) is 12.8 Å². The molecule has 29 heavy (non-hydrogen) atoms. The van der Waals surface area contributed by atoms with Crippen LogP contribution in [0.4, 0.5) is 11.4 Å². The van der Waals surface area contributed by atoms with Crippen molar-refractivity contribution in [3.8, 4) is 0 Å². The first kappa shape index (κ1) is 21.3. The van der Waals surface area contributed by atoms with E-state index in [9.17, 15) is 19.5 Å². The van der Waals surface area contributed by atoms with E-state index < -0.39 is 29.7 Å². The third-order valence-corrected chi connectivity index (χ3v) is 4.84. The maximum Gasteiger partial charge on any atom is 0.338 e. The zero-order valence-corrected chi connectivity index (χ0v) is 17.1. The fraction of sp³-hybridized carbons (Fsp3) is 0.571. The van der Waals surface area contributed by atoms with Gasteiger partial charge in [-0.05, 0) is 45.7 Å². The number of anilines is 2. The van der Waals surface area contributed by atoms with Crippen molar-refractivity contribution in [1.82, 2.24) is 0 Å². The highest BCUT2D eigenvalue weighted by molar-refractivity contribution is 6.05. The van der Waals surface area contributed by atoms with Crippen molar-refractivity contribution in [2.75, 3.05) is 29.5 Å². The number of morpholine rings is 1. The topological polar surface area (TPSA) is 96.4 Å². The van der Waals surface area contributed by atoms with Crippen LogP contribution >= 0.6 is 0 Å². The number of carbonyl (C=O) groups excluding carboxylic acids is 3. The Bertz CT molecular complexity index is 788. The Morgan fingerprint density at radius 2 is 1.79 bits per heavy atom. The van der Waals surface area contributed by atoms with E-state index in [0.29, 0.717) is 24.3 Å². The summed E-state index contributed by atoms with van der Waals surface area (Å²) in [5.74, 6) is -1.42. The second-order valence-corrected chi connectivity index (χ2v) is 8.25. The molecule has 0 aliphatic carbocycles.